The van der Waals surface area contributed by atoms with Crippen LogP contribution in [0.2, 0.25) is 0 Å². The first-order chi connectivity index (χ1) is 9.90. The molecule has 2 aromatic carbocycles. The van der Waals surface area contributed by atoms with Gasteiger partial charge in [0.15, 0.2) is 11.6 Å². The van der Waals surface area contributed by atoms with Gasteiger partial charge in [-0.1, -0.05) is 38.1 Å². The van der Waals surface area contributed by atoms with Crippen molar-refractivity contribution in [2.75, 3.05) is 0 Å². The Morgan fingerprint density at radius 2 is 1.62 bits per heavy atom. The Morgan fingerprint density at radius 3 is 2.19 bits per heavy atom. The SMILES string of the molecule is CC(C)c1c(O)cc(/C=C/c2ccc(F)cc2)c(F)c1O. The van der Waals surface area contributed by atoms with Gasteiger partial charge in [-0.2, -0.15) is 0 Å². The number of phenolic OH excluding ortho intramolecular Hbond substituents is 2. The first-order valence-corrected chi connectivity index (χ1v) is 6.58. The summed E-state index contributed by atoms with van der Waals surface area (Å²) in [5.74, 6) is -2.02. The van der Waals surface area contributed by atoms with Crippen LogP contribution in [0.5, 0.6) is 11.5 Å². The molecule has 0 aliphatic carbocycles. The van der Waals surface area contributed by atoms with Gasteiger partial charge >= 0.3 is 0 Å². The van der Waals surface area contributed by atoms with E-state index < -0.39 is 11.6 Å². The second-order valence-corrected chi connectivity index (χ2v) is 5.10. The number of hydrogen-bond acceptors (Lipinski definition) is 2. The molecular weight excluding hydrogens is 274 g/mol. The predicted molar refractivity (Wildman–Crippen MR) is 79.1 cm³/mol. The molecule has 110 valence electrons. The molecular formula is C17H16F2O2. The number of halogens is 2. The molecule has 0 aliphatic heterocycles. The summed E-state index contributed by atoms with van der Waals surface area (Å²) in [7, 11) is 0. The minimum atomic E-state index is -0.783. The van der Waals surface area contributed by atoms with Crippen molar-refractivity contribution in [3.05, 3.63) is 58.7 Å². The topological polar surface area (TPSA) is 40.5 Å². The molecule has 4 heteroatoms. The summed E-state index contributed by atoms with van der Waals surface area (Å²) in [5.41, 5.74) is 0.938. The van der Waals surface area contributed by atoms with Gasteiger partial charge in [0, 0.05) is 11.1 Å². The molecule has 21 heavy (non-hydrogen) atoms. The fraction of sp³-hybridized carbons (Fsp3) is 0.176. The van der Waals surface area contributed by atoms with Gasteiger partial charge in [-0.05, 0) is 29.7 Å². The Hall–Kier alpha value is -2.36. The minimum Gasteiger partial charge on any atom is -0.507 e. The largest absolute Gasteiger partial charge is 0.507 e. The van der Waals surface area contributed by atoms with Crippen LogP contribution in [0.4, 0.5) is 8.78 Å². The lowest BCUT2D eigenvalue weighted by Gasteiger charge is -2.13. The van der Waals surface area contributed by atoms with Gasteiger partial charge in [0.25, 0.3) is 0 Å². The van der Waals surface area contributed by atoms with Gasteiger partial charge in [-0.3, -0.25) is 0 Å². The third kappa shape index (κ3) is 3.21. The molecule has 0 amide bonds. The molecule has 0 radical (unpaired) electrons. The Labute approximate surface area is 122 Å². The van der Waals surface area contributed by atoms with Crippen molar-refractivity contribution in [1.29, 1.82) is 0 Å². The molecule has 0 bridgehead atoms. The van der Waals surface area contributed by atoms with Gasteiger partial charge in [0.1, 0.15) is 11.6 Å². The smallest absolute Gasteiger partial charge is 0.172 e. The Bertz CT molecular complexity index is 674. The van der Waals surface area contributed by atoms with E-state index in [9.17, 15) is 19.0 Å². The summed E-state index contributed by atoms with van der Waals surface area (Å²) in [5, 5.41) is 19.7. The number of rotatable bonds is 3. The number of aromatic hydroxyl groups is 2. The summed E-state index contributed by atoms with van der Waals surface area (Å²) in [4.78, 5) is 0. The van der Waals surface area contributed by atoms with Gasteiger partial charge in [-0.25, -0.2) is 8.78 Å². The number of hydrogen-bond donors (Lipinski definition) is 2. The van der Waals surface area contributed by atoms with E-state index >= 15 is 0 Å². The van der Waals surface area contributed by atoms with E-state index in [-0.39, 0.29) is 28.6 Å². The summed E-state index contributed by atoms with van der Waals surface area (Å²) in [6.07, 6.45) is 3.00. The summed E-state index contributed by atoms with van der Waals surface area (Å²) in [6.45, 7) is 3.50. The number of phenols is 2. The van der Waals surface area contributed by atoms with Crippen molar-refractivity contribution < 1.29 is 19.0 Å². The van der Waals surface area contributed by atoms with Crippen molar-refractivity contribution >= 4 is 12.2 Å². The molecule has 0 saturated heterocycles. The second kappa shape index (κ2) is 5.95. The van der Waals surface area contributed by atoms with Crippen molar-refractivity contribution in [1.82, 2.24) is 0 Å². The maximum absolute atomic E-state index is 14.1. The first kappa shape index (κ1) is 15.0. The van der Waals surface area contributed by atoms with E-state index in [2.05, 4.69) is 0 Å². The summed E-state index contributed by atoms with van der Waals surface area (Å²) in [6, 6.07) is 6.96. The fourth-order valence-corrected chi connectivity index (χ4v) is 2.12. The van der Waals surface area contributed by atoms with Crippen LogP contribution in [-0.2, 0) is 0 Å². The molecule has 0 spiro atoms. The van der Waals surface area contributed by atoms with Crippen LogP contribution < -0.4 is 0 Å². The van der Waals surface area contributed by atoms with Crippen LogP contribution in [0.1, 0.15) is 36.5 Å². The summed E-state index contributed by atoms with van der Waals surface area (Å²) < 4.78 is 26.9. The van der Waals surface area contributed by atoms with Gasteiger partial charge < -0.3 is 10.2 Å². The highest BCUT2D eigenvalue weighted by atomic mass is 19.1. The summed E-state index contributed by atoms with van der Waals surface area (Å²) >= 11 is 0. The quantitative estimate of drug-likeness (QED) is 0.806. The molecule has 2 aromatic rings. The molecule has 2 rings (SSSR count). The van der Waals surface area contributed by atoms with Crippen LogP contribution in [0, 0.1) is 11.6 Å². The number of benzene rings is 2. The van der Waals surface area contributed by atoms with E-state index in [1.54, 1.807) is 32.1 Å². The molecule has 0 aliphatic rings. The van der Waals surface area contributed by atoms with Crippen molar-refractivity contribution in [2.45, 2.75) is 19.8 Å². The fourth-order valence-electron chi connectivity index (χ4n) is 2.12. The van der Waals surface area contributed by atoms with Crippen LogP contribution in [0.3, 0.4) is 0 Å². The normalized spacial score (nSPS) is 11.5. The second-order valence-electron chi connectivity index (χ2n) is 5.10. The molecule has 0 saturated carbocycles. The van der Waals surface area contributed by atoms with E-state index in [1.807, 2.05) is 0 Å². The lowest BCUT2D eigenvalue weighted by atomic mass is 9.98. The van der Waals surface area contributed by atoms with Crippen LogP contribution in [0.15, 0.2) is 30.3 Å². The van der Waals surface area contributed by atoms with Crippen LogP contribution >= 0.6 is 0 Å². The predicted octanol–water partition coefficient (Wildman–Crippen LogP) is 4.67. The van der Waals surface area contributed by atoms with E-state index in [0.29, 0.717) is 5.56 Å². The average Bonchev–Trinajstić information content (AvgIpc) is 2.42. The zero-order chi connectivity index (χ0) is 15.6. The van der Waals surface area contributed by atoms with Gasteiger partial charge in [0.05, 0.1) is 0 Å². The van der Waals surface area contributed by atoms with Crippen LogP contribution in [0.25, 0.3) is 12.2 Å². The Kier molecular flexibility index (Phi) is 4.26. The molecule has 0 heterocycles. The highest BCUT2D eigenvalue weighted by Crippen LogP contribution is 2.38. The van der Waals surface area contributed by atoms with E-state index in [1.165, 1.54) is 24.3 Å². The minimum absolute atomic E-state index is 0.0683. The lowest BCUT2D eigenvalue weighted by Crippen LogP contribution is -1.94. The zero-order valence-corrected chi connectivity index (χ0v) is 11.8. The molecule has 0 fully saturated rings. The average molecular weight is 290 g/mol. The van der Waals surface area contributed by atoms with Crippen molar-refractivity contribution in [3.63, 3.8) is 0 Å². The molecule has 2 N–H and O–H groups in total. The van der Waals surface area contributed by atoms with E-state index in [4.69, 9.17) is 0 Å². The highest BCUT2D eigenvalue weighted by molar-refractivity contribution is 5.72. The third-order valence-corrected chi connectivity index (χ3v) is 3.19. The zero-order valence-electron chi connectivity index (χ0n) is 11.8. The maximum Gasteiger partial charge on any atom is 0.172 e. The monoisotopic (exact) mass is 290 g/mol. The standard InChI is InChI=1S/C17H16F2O2/c1-10(2)15-14(20)9-12(16(19)17(15)21)6-3-11-4-7-13(18)8-5-11/h3-10,20-21H,1-2H3/b6-3+. The van der Waals surface area contributed by atoms with Gasteiger partial charge in [-0.15, -0.1) is 0 Å². The Balaban J connectivity index is 2.39. The maximum atomic E-state index is 14.1. The highest BCUT2D eigenvalue weighted by Gasteiger charge is 2.18. The third-order valence-electron chi connectivity index (χ3n) is 3.19. The molecule has 2 nitrogen and oxygen atoms in total. The first-order valence-electron chi connectivity index (χ1n) is 6.58. The van der Waals surface area contributed by atoms with Crippen molar-refractivity contribution in [3.8, 4) is 11.5 Å². The van der Waals surface area contributed by atoms with E-state index in [0.717, 1.165) is 0 Å². The van der Waals surface area contributed by atoms with Crippen molar-refractivity contribution in [2.24, 2.45) is 0 Å². The van der Waals surface area contributed by atoms with Gasteiger partial charge in [0.2, 0.25) is 0 Å². The molecule has 0 aromatic heterocycles. The van der Waals surface area contributed by atoms with Crippen LogP contribution in [-0.4, -0.2) is 10.2 Å². The molecule has 0 atom stereocenters. The molecule has 0 unspecified atom stereocenters. The lowest BCUT2D eigenvalue weighted by molar-refractivity contribution is 0.404. The Morgan fingerprint density at radius 1 is 1.00 bits per heavy atom.